The molecule has 1 unspecified atom stereocenters. The van der Waals surface area contributed by atoms with Crippen molar-refractivity contribution >= 4 is 34.4 Å². The number of fused-ring (bicyclic) bond motifs is 1. The summed E-state index contributed by atoms with van der Waals surface area (Å²) in [4.78, 5) is 59.1. The summed E-state index contributed by atoms with van der Waals surface area (Å²) >= 11 is 0. The van der Waals surface area contributed by atoms with Crippen LogP contribution in [0, 0.1) is 11.3 Å². The lowest BCUT2D eigenvalue weighted by Gasteiger charge is -2.24. The van der Waals surface area contributed by atoms with Crippen LogP contribution in [0.3, 0.4) is 0 Å². The molecule has 3 amide bonds. The van der Waals surface area contributed by atoms with Crippen LogP contribution in [0.2, 0.25) is 0 Å². The number of piperidine rings is 1. The molecule has 6 aromatic rings. The first kappa shape index (κ1) is 47.2. The molecule has 1 saturated heterocycles. The van der Waals surface area contributed by atoms with E-state index < -0.39 is 30.0 Å². The first-order valence-electron chi connectivity index (χ1n) is 23.2. The maximum Gasteiger partial charge on any atom is 0.329 e. The topological polar surface area (TPSA) is 177 Å². The van der Waals surface area contributed by atoms with Gasteiger partial charge in [-0.05, 0) is 105 Å². The van der Waals surface area contributed by atoms with E-state index in [1.165, 1.54) is 34.6 Å². The molecule has 2 fully saturated rings. The van der Waals surface area contributed by atoms with E-state index >= 15 is 0 Å². The second kappa shape index (κ2) is 21.1. The summed E-state index contributed by atoms with van der Waals surface area (Å²) in [5.41, 5.74) is 4.65. The monoisotopic (exact) mass is 920 g/mol. The van der Waals surface area contributed by atoms with Gasteiger partial charge in [0.1, 0.15) is 12.3 Å². The molecule has 4 aromatic heterocycles. The fourth-order valence-electron chi connectivity index (χ4n) is 8.42. The highest BCUT2D eigenvalue weighted by Gasteiger charge is 2.31. The quantitative estimate of drug-likeness (QED) is 0.0468. The van der Waals surface area contributed by atoms with Crippen molar-refractivity contribution in [2.75, 3.05) is 31.7 Å². The number of carbonyl (C=O) groups excluding carboxylic acids is 3. The van der Waals surface area contributed by atoms with Gasteiger partial charge in [-0.3, -0.25) is 33.8 Å². The predicted molar refractivity (Wildman–Crippen MR) is 247 cm³/mol. The fourth-order valence-corrected chi connectivity index (χ4v) is 8.42. The van der Waals surface area contributed by atoms with Crippen LogP contribution in [0.4, 0.5) is 14.5 Å². The maximum atomic E-state index is 14.1. The number of hydrogen-bond donors (Lipinski definition) is 2. The van der Waals surface area contributed by atoms with Crippen molar-refractivity contribution in [2.45, 2.75) is 103 Å². The van der Waals surface area contributed by atoms with Gasteiger partial charge in [0.25, 0.3) is 12.3 Å². The van der Waals surface area contributed by atoms with Crippen molar-refractivity contribution < 1.29 is 37.1 Å². The molecule has 1 aliphatic heterocycles. The number of hydrogen-bond acceptors (Lipinski definition) is 10. The average Bonchev–Trinajstić information content (AvgIpc) is 3.72. The second-order valence-electron chi connectivity index (χ2n) is 18.5. The number of halogens is 2. The van der Waals surface area contributed by atoms with Gasteiger partial charge in [0.15, 0.2) is 11.4 Å². The Morgan fingerprint density at radius 3 is 2.40 bits per heavy atom. The van der Waals surface area contributed by atoms with Crippen LogP contribution in [0.5, 0.6) is 0 Å². The van der Waals surface area contributed by atoms with Gasteiger partial charge in [-0.1, -0.05) is 51.3 Å². The zero-order chi connectivity index (χ0) is 47.1. The number of oxazole rings is 1. The Balaban J connectivity index is 0.720. The van der Waals surface area contributed by atoms with Gasteiger partial charge in [-0.15, -0.1) is 0 Å². The van der Waals surface area contributed by atoms with E-state index in [0.717, 1.165) is 79.6 Å². The number of carbonyl (C=O) groups is 3. The van der Waals surface area contributed by atoms with Crippen LogP contribution in [-0.2, 0) is 45.4 Å². The molecule has 2 N–H and O–H groups in total. The highest BCUT2D eigenvalue weighted by atomic mass is 19.3. The number of benzene rings is 2. The Labute approximate surface area is 387 Å². The van der Waals surface area contributed by atoms with Gasteiger partial charge in [0.05, 0.1) is 41.8 Å². The molecule has 5 heterocycles. The number of anilines is 1. The lowest BCUT2D eigenvalue weighted by atomic mass is 9.96. The van der Waals surface area contributed by atoms with Crippen LogP contribution in [-0.4, -0.2) is 73.0 Å². The van der Waals surface area contributed by atoms with Gasteiger partial charge in [0.2, 0.25) is 17.7 Å². The molecule has 0 radical (unpaired) electrons. The smallest absolute Gasteiger partial charge is 0.329 e. The molecule has 67 heavy (non-hydrogen) atoms. The molecular weight excluding hydrogens is 863 g/mol. The molecule has 1 atom stereocenters. The third-order valence-electron chi connectivity index (χ3n) is 12.4. The molecule has 354 valence electrons. The standard InChI is InChI=1S/C50H58F2N8O7/c1-50(2,31-66-25-7-9-34-15-19-40-42(26-34)58(3)49(64)60(40)41-20-21-43(61)56-47(41)63)30-65-24-6-4-5-8-32-13-17-37(18-14-32)59-28-38(44(57-59)45(51)52)54-46(62)39-29-67-48(55-39)35-22-23-53-36(27-35)16-12-33-10-11-33/h13-15,17-19,22-23,26-29,33,41,45H,4-12,16,20-21,24-25,30-31H2,1-3H3,(H,54,62)(H,56,61,63). The Hall–Kier alpha value is -6.33. The van der Waals surface area contributed by atoms with Crippen molar-refractivity contribution in [2.24, 2.45) is 18.4 Å². The summed E-state index contributed by atoms with van der Waals surface area (Å²) in [5, 5.41) is 8.98. The van der Waals surface area contributed by atoms with Crippen molar-refractivity contribution in [3.8, 4) is 17.1 Å². The maximum absolute atomic E-state index is 14.1. The molecule has 15 nitrogen and oxygen atoms in total. The number of imide groups is 1. The summed E-state index contributed by atoms with van der Waals surface area (Å²) in [5.74, 6) is -0.426. The minimum absolute atomic E-state index is 0.0410. The summed E-state index contributed by atoms with van der Waals surface area (Å²) in [6.07, 6.45) is 11.6. The van der Waals surface area contributed by atoms with Gasteiger partial charge >= 0.3 is 5.69 Å². The number of pyridine rings is 1. The number of aryl methyl sites for hydroxylation is 4. The SMILES string of the molecule is Cn1c(=O)n(C2CCC(=O)NC2=O)c2ccc(CCCOCC(C)(C)COCCCCCc3ccc(-n4cc(NC(=O)c5coc(-c6ccnc(CCC7CC7)c6)n5)c(C(F)F)n4)cc3)cc21. The number of imidazole rings is 1. The lowest BCUT2D eigenvalue weighted by Crippen LogP contribution is -2.44. The number of ether oxygens (including phenoxy) is 2. The van der Waals surface area contributed by atoms with E-state index in [1.54, 1.807) is 23.9 Å². The average molecular weight is 921 g/mol. The van der Waals surface area contributed by atoms with Crippen LogP contribution in [0.1, 0.15) is 117 Å². The summed E-state index contributed by atoms with van der Waals surface area (Å²) < 4.78 is 50.2. The Kier molecular flexibility index (Phi) is 14.9. The highest BCUT2D eigenvalue weighted by Crippen LogP contribution is 2.34. The summed E-state index contributed by atoms with van der Waals surface area (Å²) in [6.45, 7) is 6.60. The van der Waals surface area contributed by atoms with Crippen LogP contribution < -0.4 is 16.3 Å². The van der Waals surface area contributed by atoms with E-state index in [0.29, 0.717) is 49.6 Å². The molecule has 0 bridgehead atoms. The number of alkyl halides is 2. The second-order valence-corrected chi connectivity index (χ2v) is 18.5. The van der Waals surface area contributed by atoms with E-state index in [2.05, 4.69) is 39.5 Å². The minimum atomic E-state index is -2.92. The molecule has 2 aromatic carbocycles. The number of aromatic nitrogens is 6. The van der Waals surface area contributed by atoms with Crippen molar-refractivity contribution in [3.05, 3.63) is 112 Å². The number of nitrogens with zero attached hydrogens (tertiary/aromatic N) is 6. The molecule has 8 rings (SSSR count). The molecular formula is C50H58F2N8O7. The van der Waals surface area contributed by atoms with Crippen LogP contribution in [0.25, 0.3) is 28.2 Å². The van der Waals surface area contributed by atoms with Crippen molar-refractivity contribution in [1.82, 2.24) is 34.2 Å². The zero-order valence-electron chi connectivity index (χ0n) is 38.3. The van der Waals surface area contributed by atoms with Gasteiger partial charge in [-0.25, -0.2) is 23.2 Å². The number of rotatable bonds is 23. The third-order valence-corrected chi connectivity index (χ3v) is 12.4. The van der Waals surface area contributed by atoms with Gasteiger partial charge in [-0.2, -0.15) is 5.10 Å². The van der Waals surface area contributed by atoms with Crippen LogP contribution in [0.15, 0.2) is 82.5 Å². The number of amides is 3. The number of nitrogens with one attached hydrogen (secondary N) is 2. The van der Waals surface area contributed by atoms with Crippen molar-refractivity contribution in [3.63, 3.8) is 0 Å². The predicted octanol–water partition coefficient (Wildman–Crippen LogP) is 8.49. The normalized spacial score (nSPS) is 15.5. The lowest BCUT2D eigenvalue weighted by molar-refractivity contribution is -0.135. The first-order valence-corrected chi connectivity index (χ1v) is 23.2. The molecule has 1 aliphatic carbocycles. The van der Waals surface area contributed by atoms with E-state index in [1.807, 2.05) is 48.5 Å². The first-order chi connectivity index (χ1) is 32.3. The van der Waals surface area contributed by atoms with Gasteiger partial charge < -0.3 is 19.2 Å². The third kappa shape index (κ3) is 12.0. The zero-order valence-corrected chi connectivity index (χ0v) is 38.3. The Bertz CT molecular complexity index is 2750. The molecule has 17 heteroatoms. The molecule has 2 aliphatic rings. The van der Waals surface area contributed by atoms with E-state index in [4.69, 9.17) is 13.9 Å². The van der Waals surface area contributed by atoms with Crippen LogP contribution >= 0.6 is 0 Å². The molecule has 0 spiro atoms. The Morgan fingerprint density at radius 2 is 1.66 bits per heavy atom. The number of unbranched alkanes of at least 4 members (excludes halogenated alkanes) is 2. The van der Waals surface area contributed by atoms with Crippen molar-refractivity contribution in [1.29, 1.82) is 0 Å². The molecule has 1 saturated carbocycles. The van der Waals surface area contributed by atoms with E-state index in [9.17, 15) is 28.0 Å². The van der Waals surface area contributed by atoms with E-state index in [-0.39, 0.29) is 40.7 Å². The summed E-state index contributed by atoms with van der Waals surface area (Å²) in [6, 6.07) is 16.3. The Morgan fingerprint density at radius 1 is 0.910 bits per heavy atom. The minimum Gasteiger partial charge on any atom is -0.444 e. The highest BCUT2D eigenvalue weighted by molar-refractivity contribution is 6.03. The van der Waals surface area contributed by atoms with Gasteiger partial charge in [0, 0.05) is 49.6 Å². The fraction of sp³-hybridized carbons (Fsp3) is 0.460. The summed E-state index contributed by atoms with van der Waals surface area (Å²) in [7, 11) is 1.69. The largest absolute Gasteiger partial charge is 0.444 e.